The molecule has 0 aromatic carbocycles. The molecule has 0 spiro atoms. The zero-order chi connectivity index (χ0) is 23.8. The predicted octanol–water partition coefficient (Wildman–Crippen LogP) is 5.12. The number of pyridine rings is 3. The van der Waals surface area contributed by atoms with Gasteiger partial charge >= 0.3 is 6.68 Å². The Bertz CT molecular complexity index is 1090. The molecule has 10 heteroatoms. The van der Waals surface area contributed by atoms with Gasteiger partial charge in [0.1, 0.15) is 5.82 Å². The summed E-state index contributed by atoms with van der Waals surface area (Å²) < 4.78 is 34.7. The number of rotatable bonds is 5. The van der Waals surface area contributed by atoms with Gasteiger partial charge in [-0.1, -0.05) is 0 Å². The second-order valence-corrected chi connectivity index (χ2v) is 7.58. The molecule has 7 nitrogen and oxygen atoms in total. The maximum Gasteiger partial charge on any atom is 0.379 e. The van der Waals surface area contributed by atoms with E-state index in [2.05, 4.69) is 25.6 Å². The van der Waals surface area contributed by atoms with Crippen molar-refractivity contribution in [3.63, 3.8) is 0 Å². The Kier molecular flexibility index (Phi) is 8.53. The number of aromatic nitrogens is 3. The highest BCUT2D eigenvalue weighted by atomic mass is 19.4. The van der Waals surface area contributed by atoms with Gasteiger partial charge in [0.15, 0.2) is 0 Å². The van der Waals surface area contributed by atoms with E-state index >= 15 is 0 Å². The summed E-state index contributed by atoms with van der Waals surface area (Å²) >= 11 is 0. The van der Waals surface area contributed by atoms with Gasteiger partial charge in [-0.15, -0.1) is 0 Å². The zero-order valence-corrected chi connectivity index (χ0v) is 18.4. The summed E-state index contributed by atoms with van der Waals surface area (Å²) in [7, 11) is 1.83. The van der Waals surface area contributed by atoms with Crippen molar-refractivity contribution in [1.29, 1.82) is 0 Å². The summed E-state index contributed by atoms with van der Waals surface area (Å²) in [6.45, 7) is -0.975. The average molecular weight is 461 g/mol. The minimum absolute atomic E-state index is 0.0151. The lowest BCUT2D eigenvalue weighted by atomic mass is 10.0. The van der Waals surface area contributed by atoms with Crippen LogP contribution in [0.4, 0.5) is 24.7 Å². The Morgan fingerprint density at radius 1 is 1.12 bits per heavy atom. The van der Waals surface area contributed by atoms with Crippen LogP contribution in [0.3, 0.4) is 0 Å². The molecule has 1 fully saturated rings. The number of anilines is 2. The molecule has 0 saturated carbocycles. The first-order chi connectivity index (χ1) is 15.9. The molecule has 4 heterocycles. The van der Waals surface area contributed by atoms with Gasteiger partial charge in [0.2, 0.25) is 5.91 Å². The molecule has 1 unspecified atom stereocenters. The van der Waals surface area contributed by atoms with Crippen molar-refractivity contribution < 1.29 is 22.7 Å². The van der Waals surface area contributed by atoms with E-state index in [1.807, 2.05) is 38.4 Å². The van der Waals surface area contributed by atoms with Crippen LogP contribution in [-0.2, 0) is 9.53 Å². The molecule has 3 aromatic heterocycles. The lowest BCUT2D eigenvalue weighted by Gasteiger charge is -2.22. The molecule has 33 heavy (non-hydrogen) atoms. The summed E-state index contributed by atoms with van der Waals surface area (Å²) in [6.07, 6.45) is 8.85. The monoisotopic (exact) mass is 461 g/mol. The van der Waals surface area contributed by atoms with E-state index in [1.165, 1.54) is 0 Å². The number of alkyl halides is 3. The van der Waals surface area contributed by atoms with Gasteiger partial charge in [0.05, 0.1) is 29.9 Å². The molecule has 1 saturated heterocycles. The largest absolute Gasteiger partial charge is 0.379 e. The highest BCUT2D eigenvalue weighted by Crippen LogP contribution is 2.27. The fourth-order valence-electron chi connectivity index (χ4n) is 3.59. The van der Waals surface area contributed by atoms with Crippen LogP contribution in [0.1, 0.15) is 31.4 Å². The van der Waals surface area contributed by atoms with Crippen LogP contribution in [0.5, 0.6) is 0 Å². The summed E-state index contributed by atoms with van der Waals surface area (Å²) in [5, 5.41) is 6.92. The zero-order valence-electron chi connectivity index (χ0n) is 18.4. The molecular formula is C23H26F3N5O2. The van der Waals surface area contributed by atoms with Crippen molar-refractivity contribution in [2.45, 2.75) is 45.4 Å². The Balaban J connectivity index is 0.000000709. The third-order valence-electron chi connectivity index (χ3n) is 5.19. The first-order valence-electron chi connectivity index (χ1n) is 10.6. The molecule has 176 valence electrons. The fourth-order valence-corrected chi connectivity index (χ4v) is 3.59. The Hall–Kier alpha value is -3.27. The first-order valence-corrected chi connectivity index (χ1v) is 10.6. The van der Waals surface area contributed by atoms with Crippen molar-refractivity contribution in [2.24, 2.45) is 0 Å². The smallest absolute Gasteiger partial charge is 0.378 e. The molecular weight excluding hydrogens is 435 g/mol. The van der Waals surface area contributed by atoms with Crippen LogP contribution in [0.2, 0.25) is 0 Å². The van der Waals surface area contributed by atoms with Gasteiger partial charge in [-0.05, 0) is 38.3 Å². The van der Waals surface area contributed by atoms with Crippen molar-refractivity contribution in [2.75, 3.05) is 24.3 Å². The van der Waals surface area contributed by atoms with Gasteiger partial charge in [0, 0.05) is 54.3 Å². The van der Waals surface area contributed by atoms with Gasteiger partial charge in [-0.2, -0.15) is 13.2 Å². The van der Waals surface area contributed by atoms with E-state index < -0.39 is 6.68 Å². The van der Waals surface area contributed by atoms with Gasteiger partial charge < -0.3 is 15.4 Å². The highest BCUT2D eigenvalue weighted by molar-refractivity contribution is 5.92. The summed E-state index contributed by atoms with van der Waals surface area (Å²) in [5.41, 5.74) is 4.29. The minimum Gasteiger partial charge on any atom is -0.378 e. The van der Waals surface area contributed by atoms with Gasteiger partial charge in [-0.25, -0.2) is 4.98 Å². The van der Waals surface area contributed by atoms with Crippen LogP contribution in [0.15, 0.2) is 36.8 Å². The second-order valence-electron chi connectivity index (χ2n) is 7.58. The van der Waals surface area contributed by atoms with Crippen molar-refractivity contribution >= 4 is 28.3 Å². The molecule has 4 rings (SSSR count). The second kappa shape index (κ2) is 11.6. The quantitative estimate of drug-likeness (QED) is 0.548. The van der Waals surface area contributed by atoms with Crippen LogP contribution in [0.25, 0.3) is 22.0 Å². The number of hydrogen-bond acceptors (Lipinski definition) is 6. The number of carbonyl (C=O) groups is 1. The Morgan fingerprint density at radius 3 is 2.61 bits per heavy atom. The molecule has 1 aliphatic heterocycles. The van der Waals surface area contributed by atoms with E-state index in [1.54, 1.807) is 12.4 Å². The molecule has 0 aliphatic carbocycles. The highest BCUT2D eigenvalue weighted by Gasteiger charge is 2.18. The number of carbonyl (C=O) groups excluding carboxylic acids is 1. The average Bonchev–Trinajstić information content (AvgIpc) is 2.80. The summed E-state index contributed by atoms with van der Waals surface area (Å²) in [5.74, 6) is 0.733. The topological polar surface area (TPSA) is 89.0 Å². The van der Waals surface area contributed by atoms with E-state index in [0.29, 0.717) is 12.1 Å². The van der Waals surface area contributed by atoms with E-state index in [9.17, 15) is 18.0 Å². The van der Waals surface area contributed by atoms with Crippen LogP contribution in [0, 0.1) is 6.92 Å². The maximum absolute atomic E-state index is 12.4. The summed E-state index contributed by atoms with van der Waals surface area (Å²) in [6, 6.07) is 5.90. The van der Waals surface area contributed by atoms with Crippen molar-refractivity contribution in [3.05, 3.63) is 42.5 Å². The molecule has 3 aromatic rings. The third kappa shape index (κ3) is 7.11. The summed E-state index contributed by atoms with van der Waals surface area (Å²) in [4.78, 5) is 25.8. The van der Waals surface area contributed by atoms with Gasteiger partial charge in [-0.3, -0.25) is 14.8 Å². The number of aryl methyl sites for hydroxylation is 1. The molecule has 1 amide bonds. The number of hydrogen-bond donors (Lipinski definition) is 2. The van der Waals surface area contributed by atoms with Crippen molar-refractivity contribution in [3.8, 4) is 11.1 Å². The lowest BCUT2D eigenvalue weighted by Crippen LogP contribution is -2.25. The lowest BCUT2D eigenvalue weighted by molar-refractivity contribution is -0.119. The first kappa shape index (κ1) is 24.4. The van der Waals surface area contributed by atoms with E-state index in [0.717, 1.165) is 59.4 Å². The number of nitrogens with zero attached hydrogens (tertiary/aromatic N) is 3. The van der Waals surface area contributed by atoms with Crippen LogP contribution < -0.4 is 10.6 Å². The maximum atomic E-state index is 12.4. The number of fused-ring (bicyclic) bond motifs is 1. The number of amides is 1. The molecule has 0 radical (unpaired) electrons. The van der Waals surface area contributed by atoms with E-state index in [4.69, 9.17) is 4.74 Å². The molecule has 2 N–H and O–H groups in total. The van der Waals surface area contributed by atoms with E-state index in [-0.39, 0.29) is 12.0 Å². The number of nitrogens with one attached hydrogen (secondary N) is 2. The number of halogens is 3. The third-order valence-corrected chi connectivity index (χ3v) is 5.19. The normalized spacial score (nSPS) is 15.6. The molecule has 1 aliphatic rings. The standard InChI is InChI=1S/C22H25N5O2.CHF3/c1-14-19(15-7-16-12-26-21(23-2)10-20(16)25-11-15)8-17(13-24-14)27-22(28)9-18-5-3-4-6-29-18;2-1(3)4/h7-8,10-13,18H,3-6,9H2,1-2H3,(H,23,26)(H,27,28);1H. The number of ether oxygens (including phenoxy) is 1. The Morgan fingerprint density at radius 2 is 1.91 bits per heavy atom. The fraction of sp³-hybridized carbons (Fsp3) is 0.391. The van der Waals surface area contributed by atoms with Crippen molar-refractivity contribution in [1.82, 2.24) is 15.0 Å². The van der Waals surface area contributed by atoms with Crippen LogP contribution in [-0.4, -0.2) is 47.3 Å². The predicted molar refractivity (Wildman–Crippen MR) is 121 cm³/mol. The van der Waals surface area contributed by atoms with Crippen LogP contribution >= 0.6 is 0 Å². The minimum atomic E-state index is -3.67. The van der Waals surface area contributed by atoms with Gasteiger partial charge in [0.25, 0.3) is 0 Å². The SMILES string of the molecule is CNc1cc2ncc(-c3cc(NC(=O)CC4CCCCO4)cnc3C)cc2cn1.FC(F)F. The molecule has 0 bridgehead atoms. The molecule has 1 atom stereocenters. The Labute approximate surface area is 189 Å².